The average Bonchev–Trinajstić information content (AvgIpc) is 3.13. The Morgan fingerprint density at radius 2 is 1.92 bits per heavy atom. The van der Waals surface area contributed by atoms with Crippen molar-refractivity contribution < 1.29 is 13.9 Å². The summed E-state index contributed by atoms with van der Waals surface area (Å²) in [5.74, 6) is 1.47. The third kappa shape index (κ3) is 3.83. The van der Waals surface area contributed by atoms with Crippen LogP contribution in [0.15, 0.2) is 59.0 Å². The topological polar surface area (TPSA) is 68.7 Å². The molecule has 0 radical (unpaired) electrons. The predicted octanol–water partition coefficient (Wildman–Crippen LogP) is 3.43. The van der Waals surface area contributed by atoms with E-state index in [1.165, 1.54) is 0 Å². The number of hydrogen-bond acceptors (Lipinski definition) is 4. The van der Waals surface area contributed by atoms with Crippen LogP contribution in [-0.2, 0) is 6.61 Å². The van der Waals surface area contributed by atoms with Crippen LogP contribution in [0.2, 0.25) is 0 Å². The Bertz CT molecular complexity index is 872. The SMILES string of the molecule is CC(CN)N(C)C(=O)c1ccc(COc2ccc3ccccc3c2)o1. The lowest BCUT2D eigenvalue weighted by atomic mass is 10.1. The number of ether oxygens (including phenoxy) is 1. The summed E-state index contributed by atoms with van der Waals surface area (Å²) in [4.78, 5) is 13.9. The average molecular weight is 338 g/mol. The van der Waals surface area contributed by atoms with Gasteiger partial charge in [0, 0.05) is 19.6 Å². The standard InChI is InChI=1S/C20H22N2O3/c1-14(12-21)22(2)20(23)19-10-9-18(25-19)13-24-17-8-7-15-5-3-4-6-16(15)11-17/h3-11,14H,12-13,21H2,1-2H3. The minimum atomic E-state index is -0.185. The number of benzene rings is 2. The summed E-state index contributed by atoms with van der Waals surface area (Å²) in [6.07, 6.45) is 0. The molecule has 0 saturated carbocycles. The molecular weight excluding hydrogens is 316 g/mol. The molecule has 2 aromatic carbocycles. The molecule has 0 aliphatic rings. The van der Waals surface area contributed by atoms with Crippen molar-refractivity contribution in [3.8, 4) is 5.75 Å². The Labute approximate surface area is 147 Å². The second-order valence-electron chi connectivity index (χ2n) is 6.06. The van der Waals surface area contributed by atoms with Gasteiger partial charge < -0.3 is 19.8 Å². The maximum absolute atomic E-state index is 12.3. The summed E-state index contributed by atoms with van der Waals surface area (Å²) in [5.41, 5.74) is 5.60. The van der Waals surface area contributed by atoms with Crippen LogP contribution < -0.4 is 10.5 Å². The Morgan fingerprint density at radius 1 is 1.16 bits per heavy atom. The first-order valence-corrected chi connectivity index (χ1v) is 8.26. The summed E-state index contributed by atoms with van der Waals surface area (Å²) >= 11 is 0. The number of nitrogens with two attached hydrogens (primary N) is 1. The van der Waals surface area contributed by atoms with Gasteiger partial charge in [-0.2, -0.15) is 0 Å². The number of rotatable bonds is 6. The van der Waals surface area contributed by atoms with Crippen LogP contribution in [0.5, 0.6) is 5.75 Å². The Kier molecular flexibility index (Phi) is 5.05. The van der Waals surface area contributed by atoms with Crippen molar-refractivity contribution in [1.29, 1.82) is 0 Å². The van der Waals surface area contributed by atoms with E-state index in [9.17, 15) is 4.79 Å². The number of furan rings is 1. The van der Waals surface area contributed by atoms with Gasteiger partial charge in [0.25, 0.3) is 5.91 Å². The summed E-state index contributed by atoms with van der Waals surface area (Å²) in [6, 6.07) is 17.4. The molecule has 5 heteroatoms. The van der Waals surface area contributed by atoms with Gasteiger partial charge in [-0.1, -0.05) is 30.3 Å². The second-order valence-corrected chi connectivity index (χ2v) is 6.06. The largest absolute Gasteiger partial charge is 0.486 e. The van der Waals surface area contributed by atoms with Crippen LogP contribution >= 0.6 is 0 Å². The maximum atomic E-state index is 12.3. The minimum Gasteiger partial charge on any atom is -0.486 e. The quantitative estimate of drug-likeness (QED) is 0.747. The lowest BCUT2D eigenvalue weighted by Crippen LogP contribution is -2.39. The third-order valence-electron chi connectivity index (χ3n) is 4.30. The molecule has 1 unspecified atom stereocenters. The van der Waals surface area contributed by atoms with Gasteiger partial charge in [-0.25, -0.2) is 0 Å². The molecule has 0 aliphatic heterocycles. The summed E-state index contributed by atoms with van der Waals surface area (Å²) in [7, 11) is 1.72. The first-order valence-electron chi connectivity index (χ1n) is 8.26. The van der Waals surface area contributed by atoms with Crippen LogP contribution in [0.3, 0.4) is 0 Å². The van der Waals surface area contributed by atoms with E-state index in [2.05, 4.69) is 6.07 Å². The fourth-order valence-corrected chi connectivity index (χ4v) is 2.51. The van der Waals surface area contributed by atoms with Gasteiger partial charge in [0.05, 0.1) is 0 Å². The molecule has 0 fully saturated rings. The van der Waals surface area contributed by atoms with Crippen molar-refractivity contribution in [3.05, 3.63) is 66.1 Å². The molecular formula is C20H22N2O3. The van der Waals surface area contributed by atoms with Crippen LogP contribution in [0.25, 0.3) is 10.8 Å². The molecule has 3 aromatic rings. The second kappa shape index (κ2) is 7.40. The van der Waals surface area contributed by atoms with Gasteiger partial charge in [-0.3, -0.25) is 4.79 Å². The van der Waals surface area contributed by atoms with Crippen molar-refractivity contribution >= 4 is 16.7 Å². The fourth-order valence-electron chi connectivity index (χ4n) is 2.51. The molecule has 1 aromatic heterocycles. The summed E-state index contributed by atoms with van der Waals surface area (Å²) in [5, 5.41) is 2.28. The van der Waals surface area contributed by atoms with Crippen LogP contribution in [0.1, 0.15) is 23.2 Å². The minimum absolute atomic E-state index is 0.0464. The highest BCUT2D eigenvalue weighted by Crippen LogP contribution is 2.22. The van der Waals surface area contributed by atoms with Gasteiger partial charge in [0.1, 0.15) is 18.1 Å². The summed E-state index contributed by atoms with van der Waals surface area (Å²) in [6.45, 7) is 2.56. The van der Waals surface area contributed by atoms with E-state index in [1.54, 1.807) is 24.1 Å². The van der Waals surface area contributed by atoms with E-state index in [4.69, 9.17) is 14.9 Å². The number of likely N-dealkylation sites (N-methyl/N-ethyl adjacent to an activating group) is 1. The maximum Gasteiger partial charge on any atom is 0.289 e. The number of hydrogen-bond donors (Lipinski definition) is 1. The first-order chi connectivity index (χ1) is 12.1. The highest BCUT2D eigenvalue weighted by atomic mass is 16.5. The van der Waals surface area contributed by atoms with Crippen molar-refractivity contribution in [2.75, 3.05) is 13.6 Å². The molecule has 3 rings (SSSR count). The molecule has 5 nitrogen and oxygen atoms in total. The molecule has 0 bridgehead atoms. The van der Waals surface area contributed by atoms with E-state index in [0.29, 0.717) is 18.1 Å². The monoisotopic (exact) mass is 338 g/mol. The highest BCUT2D eigenvalue weighted by molar-refractivity contribution is 5.91. The number of amides is 1. The molecule has 1 amide bonds. The number of nitrogens with zero attached hydrogens (tertiary/aromatic N) is 1. The molecule has 1 heterocycles. The third-order valence-corrected chi connectivity index (χ3v) is 4.30. The van der Waals surface area contributed by atoms with Crippen LogP contribution in [0.4, 0.5) is 0 Å². The first kappa shape index (κ1) is 17.0. The van der Waals surface area contributed by atoms with E-state index >= 15 is 0 Å². The van der Waals surface area contributed by atoms with Crippen LogP contribution in [-0.4, -0.2) is 30.4 Å². The van der Waals surface area contributed by atoms with E-state index in [1.807, 2.05) is 43.3 Å². The normalized spacial score (nSPS) is 12.1. The number of fused-ring (bicyclic) bond motifs is 1. The zero-order chi connectivity index (χ0) is 17.8. The van der Waals surface area contributed by atoms with Crippen molar-refractivity contribution in [2.24, 2.45) is 5.73 Å². The Morgan fingerprint density at radius 3 is 2.68 bits per heavy atom. The van der Waals surface area contributed by atoms with Crippen molar-refractivity contribution in [2.45, 2.75) is 19.6 Å². The smallest absolute Gasteiger partial charge is 0.289 e. The molecule has 0 saturated heterocycles. The highest BCUT2D eigenvalue weighted by Gasteiger charge is 2.19. The molecule has 2 N–H and O–H groups in total. The lowest BCUT2D eigenvalue weighted by molar-refractivity contribution is 0.0712. The van der Waals surface area contributed by atoms with Gasteiger partial charge in [0.2, 0.25) is 0 Å². The molecule has 0 aliphatic carbocycles. The molecule has 1 atom stereocenters. The zero-order valence-corrected chi connectivity index (χ0v) is 14.4. The van der Waals surface area contributed by atoms with Crippen LogP contribution in [0, 0.1) is 0 Å². The van der Waals surface area contributed by atoms with Gasteiger partial charge in [-0.15, -0.1) is 0 Å². The Balaban J connectivity index is 1.65. The molecule has 0 spiro atoms. The lowest BCUT2D eigenvalue weighted by Gasteiger charge is -2.22. The Hall–Kier alpha value is -2.79. The van der Waals surface area contributed by atoms with Crippen molar-refractivity contribution in [1.82, 2.24) is 4.90 Å². The number of carbonyl (C=O) groups is 1. The van der Waals surface area contributed by atoms with Gasteiger partial charge in [0.15, 0.2) is 5.76 Å². The van der Waals surface area contributed by atoms with E-state index in [-0.39, 0.29) is 18.6 Å². The predicted molar refractivity (Wildman–Crippen MR) is 97.6 cm³/mol. The fraction of sp³-hybridized carbons (Fsp3) is 0.250. The van der Waals surface area contributed by atoms with E-state index in [0.717, 1.165) is 16.5 Å². The summed E-state index contributed by atoms with van der Waals surface area (Å²) < 4.78 is 11.4. The van der Waals surface area contributed by atoms with E-state index < -0.39 is 0 Å². The molecule has 130 valence electrons. The zero-order valence-electron chi connectivity index (χ0n) is 14.4. The van der Waals surface area contributed by atoms with Gasteiger partial charge >= 0.3 is 0 Å². The van der Waals surface area contributed by atoms with Crippen molar-refractivity contribution in [3.63, 3.8) is 0 Å². The molecule has 25 heavy (non-hydrogen) atoms. The van der Waals surface area contributed by atoms with Gasteiger partial charge in [-0.05, 0) is 42.0 Å². The number of carbonyl (C=O) groups excluding carboxylic acids is 1.